The molecule has 10 heteroatoms. The maximum atomic E-state index is 9.90. The molecule has 0 aromatic rings. The second-order valence-corrected chi connectivity index (χ2v) is 4.00. The first-order chi connectivity index (χ1) is 9.67. The van der Waals surface area contributed by atoms with E-state index in [1.807, 2.05) is 0 Å². The quantitative estimate of drug-likeness (QED) is 0.215. The number of carboxylic acids is 2. The van der Waals surface area contributed by atoms with Crippen LogP contribution in [-0.4, -0.2) is 85.0 Å². The van der Waals surface area contributed by atoms with Crippen molar-refractivity contribution in [2.24, 2.45) is 0 Å². The third kappa shape index (κ3) is 11.9. The Hall–Kier alpha value is -1.59. The van der Waals surface area contributed by atoms with E-state index in [0.717, 1.165) is 0 Å². The molecule has 0 radical (unpaired) electrons. The van der Waals surface area contributed by atoms with Crippen molar-refractivity contribution in [1.29, 1.82) is 0 Å². The Balaban J connectivity index is 0. The second kappa shape index (κ2) is 12.2. The number of carboxylic acid groups (broad SMARTS) is 2. The van der Waals surface area contributed by atoms with Crippen LogP contribution in [-0.2, 0) is 14.4 Å². The van der Waals surface area contributed by atoms with E-state index in [4.69, 9.17) is 35.7 Å². The molecule has 4 atom stereocenters. The van der Waals surface area contributed by atoms with Crippen LogP contribution in [0.15, 0.2) is 0 Å². The first-order valence-electron chi connectivity index (χ1n) is 5.89. The zero-order chi connectivity index (χ0) is 17.0. The molecule has 0 spiro atoms. The number of aliphatic hydroxyl groups excluding tert-OH is 5. The monoisotopic (exact) mass is 312 g/mol. The minimum atomic E-state index is -1.79. The minimum absolute atomic E-state index is 0.0258. The van der Waals surface area contributed by atoms with E-state index in [0.29, 0.717) is 0 Å². The zero-order valence-electron chi connectivity index (χ0n) is 11.1. The predicted molar refractivity (Wildman–Crippen MR) is 66.3 cm³/mol. The van der Waals surface area contributed by atoms with E-state index in [1.165, 1.54) is 0 Å². The topological polar surface area (TPSA) is 193 Å². The molecule has 0 saturated heterocycles. The molecule has 0 aliphatic heterocycles. The molecule has 7 N–H and O–H groups in total. The van der Waals surface area contributed by atoms with Gasteiger partial charge in [-0.1, -0.05) is 0 Å². The molecule has 0 bridgehead atoms. The van der Waals surface area contributed by atoms with Crippen LogP contribution in [0.2, 0.25) is 0 Å². The molecule has 0 aliphatic carbocycles. The number of aldehydes is 1. The van der Waals surface area contributed by atoms with Crippen molar-refractivity contribution < 1.29 is 50.1 Å². The fourth-order valence-corrected chi connectivity index (χ4v) is 1.01. The van der Waals surface area contributed by atoms with Crippen LogP contribution in [0.5, 0.6) is 0 Å². The lowest BCUT2D eigenvalue weighted by atomic mass is 10.0. The molecule has 10 nitrogen and oxygen atoms in total. The maximum absolute atomic E-state index is 9.90. The third-order valence-corrected chi connectivity index (χ3v) is 2.20. The summed E-state index contributed by atoms with van der Waals surface area (Å²) in [5.74, 6) is -1.90. The van der Waals surface area contributed by atoms with Crippen LogP contribution in [0, 0.1) is 0 Å². The number of carbonyl (C=O) groups excluding carboxylic acids is 1. The molecule has 0 aromatic heterocycles. The number of hydrogen-bond donors (Lipinski definition) is 7. The summed E-state index contributed by atoms with van der Waals surface area (Å²) in [5.41, 5.74) is 0. The molecule has 0 rings (SSSR count). The van der Waals surface area contributed by atoms with E-state index in [-0.39, 0.29) is 25.5 Å². The molecule has 0 amide bonds. The van der Waals surface area contributed by atoms with E-state index in [2.05, 4.69) is 0 Å². The van der Waals surface area contributed by atoms with Crippen LogP contribution < -0.4 is 0 Å². The number of hydrogen-bond acceptors (Lipinski definition) is 8. The highest BCUT2D eigenvalue weighted by atomic mass is 16.4. The summed E-state index contributed by atoms with van der Waals surface area (Å²) in [4.78, 5) is 29.5. The van der Waals surface area contributed by atoms with Crippen molar-refractivity contribution in [3.63, 3.8) is 0 Å². The predicted octanol–water partition coefficient (Wildman–Crippen LogP) is -3.05. The lowest BCUT2D eigenvalue weighted by Crippen LogP contribution is -2.46. The summed E-state index contributed by atoms with van der Waals surface area (Å²) in [7, 11) is 0. The lowest BCUT2D eigenvalue weighted by Gasteiger charge is -2.22. The van der Waals surface area contributed by atoms with Crippen molar-refractivity contribution >= 4 is 18.2 Å². The Morgan fingerprint density at radius 3 is 1.62 bits per heavy atom. The number of aliphatic hydroxyl groups is 5. The van der Waals surface area contributed by atoms with Gasteiger partial charge in [-0.25, -0.2) is 0 Å². The summed E-state index contributed by atoms with van der Waals surface area (Å²) < 4.78 is 0. The largest absolute Gasteiger partial charge is 0.481 e. The molecule has 0 fully saturated rings. The standard InChI is InChI=1S/C6H12O6.C5H8O4/c7-1-3(9)5(11)6(12)4(10)2-8;6-4(7)2-1-3-5(8)9/h1,3-6,8-12H,2H2;1-3H2,(H,6,7)(H,8,9)/t3-,4+,5+,6+;/m0./s1. The van der Waals surface area contributed by atoms with Gasteiger partial charge in [0.1, 0.15) is 24.4 Å². The van der Waals surface area contributed by atoms with Crippen LogP contribution >= 0.6 is 0 Å². The van der Waals surface area contributed by atoms with Gasteiger partial charge in [-0.05, 0) is 6.42 Å². The van der Waals surface area contributed by atoms with Gasteiger partial charge >= 0.3 is 11.9 Å². The lowest BCUT2D eigenvalue weighted by molar-refractivity contribution is -0.138. The fourth-order valence-electron chi connectivity index (χ4n) is 1.01. The average molecular weight is 312 g/mol. The van der Waals surface area contributed by atoms with Crippen molar-refractivity contribution in [2.45, 2.75) is 43.7 Å². The highest BCUT2D eigenvalue weighted by molar-refractivity contribution is 5.69. The van der Waals surface area contributed by atoms with E-state index < -0.39 is 43.0 Å². The summed E-state index contributed by atoms with van der Waals surface area (Å²) >= 11 is 0. The van der Waals surface area contributed by atoms with E-state index >= 15 is 0 Å². The average Bonchev–Trinajstić information content (AvgIpc) is 2.43. The van der Waals surface area contributed by atoms with Crippen LogP contribution in [0.3, 0.4) is 0 Å². The van der Waals surface area contributed by atoms with E-state index in [9.17, 15) is 14.4 Å². The van der Waals surface area contributed by atoms with Crippen molar-refractivity contribution in [2.75, 3.05) is 6.61 Å². The number of aliphatic carboxylic acids is 2. The fraction of sp³-hybridized carbons (Fsp3) is 0.727. The Morgan fingerprint density at radius 1 is 0.905 bits per heavy atom. The molecule has 0 unspecified atom stereocenters. The molecule has 0 aliphatic rings. The van der Waals surface area contributed by atoms with Gasteiger partial charge in [0.05, 0.1) is 6.61 Å². The SMILES string of the molecule is O=C(O)CCCC(=O)O.O=C[C@H](O)[C@@H](O)[C@H](O)[C@H](O)CO. The number of rotatable bonds is 9. The molecular formula is C11H20O10. The molecule has 124 valence electrons. The van der Waals surface area contributed by atoms with Gasteiger partial charge in [0, 0.05) is 12.8 Å². The molecule has 0 aromatic carbocycles. The van der Waals surface area contributed by atoms with Gasteiger partial charge in [-0.2, -0.15) is 0 Å². The summed E-state index contributed by atoms with van der Waals surface area (Å²) in [5, 5.41) is 59.6. The van der Waals surface area contributed by atoms with Crippen molar-refractivity contribution in [1.82, 2.24) is 0 Å². The van der Waals surface area contributed by atoms with Crippen LogP contribution in [0.1, 0.15) is 19.3 Å². The van der Waals surface area contributed by atoms with Gasteiger partial charge in [0.25, 0.3) is 0 Å². The highest BCUT2D eigenvalue weighted by Gasteiger charge is 2.29. The van der Waals surface area contributed by atoms with Crippen molar-refractivity contribution in [3.05, 3.63) is 0 Å². The molecule has 21 heavy (non-hydrogen) atoms. The molecular weight excluding hydrogens is 292 g/mol. The molecule has 0 saturated carbocycles. The van der Waals surface area contributed by atoms with Gasteiger partial charge in [-0.3, -0.25) is 9.59 Å². The highest BCUT2D eigenvalue weighted by Crippen LogP contribution is 2.02. The number of carbonyl (C=O) groups is 3. The summed E-state index contributed by atoms with van der Waals surface area (Å²) in [6.45, 7) is -0.760. The van der Waals surface area contributed by atoms with Gasteiger partial charge in [-0.15, -0.1) is 0 Å². The van der Waals surface area contributed by atoms with E-state index in [1.54, 1.807) is 0 Å². The first-order valence-corrected chi connectivity index (χ1v) is 5.89. The minimum Gasteiger partial charge on any atom is -0.481 e. The summed E-state index contributed by atoms with van der Waals surface area (Å²) in [6, 6.07) is 0. The Kier molecular flexibility index (Phi) is 12.6. The Bertz CT molecular complexity index is 304. The first kappa shape index (κ1) is 21.7. The third-order valence-electron chi connectivity index (χ3n) is 2.20. The smallest absolute Gasteiger partial charge is 0.303 e. The Labute approximate surface area is 119 Å². The van der Waals surface area contributed by atoms with Gasteiger partial charge in [0.15, 0.2) is 6.29 Å². The normalized spacial score (nSPS) is 15.9. The van der Waals surface area contributed by atoms with Crippen LogP contribution in [0.4, 0.5) is 0 Å². The van der Waals surface area contributed by atoms with Gasteiger partial charge in [0.2, 0.25) is 0 Å². The maximum Gasteiger partial charge on any atom is 0.303 e. The second-order valence-electron chi connectivity index (χ2n) is 4.00. The van der Waals surface area contributed by atoms with Gasteiger partial charge < -0.3 is 40.5 Å². The molecule has 0 heterocycles. The zero-order valence-corrected chi connectivity index (χ0v) is 11.1. The Morgan fingerprint density at radius 2 is 1.33 bits per heavy atom. The van der Waals surface area contributed by atoms with Crippen LogP contribution in [0.25, 0.3) is 0 Å². The summed E-state index contributed by atoms with van der Waals surface area (Å²) in [6.07, 6.45) is -6.75. The van der Waals surface area contributed by atoms with Crippen molar-refractivity contribution in [3.8, 4) is 0 Å².